The van der Waals surface area contributed by atoms with Crippen LogP contribution in [0.4, 0.5) is 23.4 Å². The second kappa shape index (κ2) is 10.2. The van der Waals surface area contributed by atoms with Gasteiger partial charge in [-0.15, -0.1) is 0 Å². The van der Waals surface area contributed by atoms with Gasteiger partial charge in [0, 0.05) is 30.8 Å². The Morgan fingerprint density at radius 1 is 0.943 bits per heavy atom. The van der Waals surface area contributed by atoms with E-state index in [2.05, 4.69) is 45.9 Å². The molecule has 0 bridgehead atoms. The minimum atomic E-state index is -0.384. The fourth-order valence-corrected chi connectivity index (χ4v) is 3.49. The number of aryl methyl sites for hydroxylation is 1. The summed E-state index contributed by atoms with van der Waals surface area (Å²) >= 11 is 0. The van der Waals surface area contributed by atoms with Crippen molar-refractivity contribution < 1.29 is 9.53 Å². The average molecular weight is 470 g/mol. The molecule has 1 aliphatic heterocycles. The molecule has 0 radical (unpaired) electrons. The third-order valence-electron chi connectivity index (χ3n) is 5.21. The largest absolute Gasteiger partial charge is 0.457 e. The van der Waals surface area contributed by atoms with E-state index in [1.165, 1.54) is 6.20 Å². The molecule has 5 rings (SSSR count). The smallest absolute Gasteiger partial charge is 0.340 e. The Bertz CT molecular complexity index is 1320. The molecule has 0 aliphatic carbocycles. The first-order chi connectivity index (χ1) is 17.1. The number of nitrogens with zero attached hydrogens (tertiary/aromatic N) is 6. The van der Waals surface area contributed by atoms with Gasteiger partial charge in [0.25, 0.3) is 0 Å². The topological polar surface area (TPSA) is 140 Å². The van der Waals surface area contributed by atoms with Gasteiger partial charge in [0.05, 0.1) is 5.56 Å². The molecule has 0 unspecified atom stereocenters. The number of carbonyl (C=O) groups is 1. The van der Waals surface area contributed by atoms with Gasteiger partial charge in [-0.1, -0.05) is 6.07 Å². The van der Waals surface area contributed by atoms with Gasteiger partial charge in [0.1, 0.15) is 29.3 Å². The van der Waals surface area contributed by atoms with Crippen LogP contribution in [0.5, 0.6) is 0 Å². The number of hydrogen-bond donors (Lipinski definition) is 3. The molecule has 3 N–H and O–H groups in total. The first-order valence-electron chi connectivity index (χ1n) is 11.1. The molecule has 0 amide bonds. The van der Waals surface area contributed by atoms with Crippen LogP contribution in [0.15, 0.2) is 61.1 Å². The van der Waals surface area contributed by atoms with Crippen molar-refractivity contribution in [2.24, 2.45) is 0 Å². The molecular formula is C24H23N9O2. The number of hydrogen-bond acceptors (Lipinski definition) is 11. The van der Waals surface area contributed by atoms with Crippen LogP contribution in [0.1, 0.15) is 22.5 Å². The minimum Gasteiger partial charge on any atom is -0.457 e. The summed E-state index contributed by atoms with van der Waals surface area (Å²) in [4.78, 5) is 38.5. The van der Waals surface area contributed by atoms with E-state index in [4.69, 9.17) is 4.74 Å². The predicted molar refractivity (Wildman–Crippen MR) is 130 cm³/mol. The lowest BCUT2D eigenvalue weighted by Crippen LogP contribution is -2.20. The second-order valence-electron chi connectivity index (χ2n) is 7.90. The minimum absolute atomic E-state index is 0.0945. The molecule has 4 aromatic rings. The maximum Gasteiger partial charge on any atom is 0.340 e. The zero-order valence-corrected chi connectivity index (χ0v) is 19.0. The maximum absolute atomic E-state index is 12.3. The van der Waals surface area contributed by atoms with Crippen LogP contribution in [-0.4, -0.2) is 55.1 Å². The maximum atomic E-state index is 12.3. The molecule has 1 aliphatic rings. The lowest BCUT2D eigenvalue weighted by Gasteiger charge is -2.11. The van der Waals surface area contributed by atoms with Crippen molar-refractivity contribution in [2.45, 2.75) is 19.4 Å². The van der Waals surface area contributed by atoms with E-state index in [0.717, 1.165) is 18.7 Å². The second-order valence-corrected chi connectivity index (χ2v) is 7.90. The van der Waals surface area contributed by atoms with Crippen molar-refractivity contribution in [2.75, 3.05) is 23.7 Å². The van der Waals surface area contributed by atoms with Crippen LogP contribution in [0.2, 0.25) is 0 Å². The molecule has 1 saturated heterocycles. The van der Waals surface area contributed by atoms with Gasteiger partial charge in [-0.25, -0.2) is 29.7 Å². The van der Waals surface area contributed by atoms with Gasteiger partial charge >= 0.3 is 5.97 Å². The first-order valence-corrected chi connectivity index (χ1v) is 11.1. The lowest BCUT2D eigenvalue weighted by molar-refractivity contribution is 0.0344. The summed E-state index contributed by atoms with van der Waals surface area (Å²) in [6.07, 6.45) is 5.47. The predicted octanol–water partition coefficient (Wildman–Crippen LogP) is 3.04. The highest BCUT2D eigenvalue weighted by atomic mass is 16.5. The highest BCUT2D eigenvalue weighted by Crippen LogP contribution is 2.19. The Balaban J connectivity index is 1.24. The Labute approximate surface area is 201 Å². The number of anilines is 4. The van der Waals surface area contributed by atoms with E-state index in [9.17, 15) is 4.79 Å². The molecule has 4 aromatic heterocycles. The number of nitrogens with one attached hydrogen (secondary N) is 3. The summed E-state index contributed by atoms with van der Waals surface area (Å²) < 4.78 is 5.46. The zero-order valence-electron chi connectivity index (χ0n) is 19.0. The number of pyridine rings is 2. The zero-order chi connectivity index (χ0) is 24.0. The van der Waals surface area contributed by atoms with E-state index in [0.29, 0.717) is 47.0 Å². The van der Waals surface area contributed by atoms with Crippen molar-refractivity contribution in [1.29, 1.82) is 0 Å². The summed E-state index contributed by atoms with van der Waals surface area (Å²) in [5.41, 5.74) is 1.97. The molecule has 0 saturated carbocycles. The van der Waals surface area contributed by atoms with E-state index in [1.807, 2.05) is 25.1 Å². The van der Waals surface area contributed by atoms with E-state index in [1.54, 1.807) is 36.7 Å². The standard InChI is InChI=1S/C24H23N9O2/c1-15-3-2-4-18(29-15)22-26-11-8-20(31-22)30-21-9-12-27-24(33-21)32-19-6-5-16(13-28-19)23(34)35-17-7-10-25-14-17/h2-6,8-9,11-13,17,25H,7,10,14H2,1H3,(H2,26,27,28,30,31,32,33)/t17-/m0/s1. The Hall–Kier alpha value is -4.51. The first kappa shape index (κ1) is 22.3. The Morgan fingerprint density at radius 3 is 2.57 bits per heavy atom. The van der Waals surface area contributed by atoms with Crippen LogP contribution in [0, 0.1) is 6.92 Å². The summed E-state index contributed by atoms with van der Waals surface area (Å²) in [6.45, 7) is 3.46. The average Bonchev–Trinajstić information content (AvgIpc) is 3.38. The molecule has 1 atom stereocenters. The summed E-state index contributed by atoms with van der Waals surface area (Å²) in [6, 6.07) is 12.5. The fraction of sp³-hybridized carbons (Fsp3) is 0.208. The van der Waals surface area contributed by atoms with Crippen LogP contribution in [0.25, 0.3) is 11.5 Å². The quantitative estimate of drug-likeness (QED) is 0.344. The molecule has 176 valence electrons. The van der Waals surface area contributed by atoms with Crippen molar-refractivity contribution in [3.8, 4) is 11.5 Å². The van der Waals surface area contributed by atoms with E-state index in [-0.39, 0.29) is 12.1 Å². The molecule has 0 spiro atoms. The summed E-state index contributed by atoms with van der Waals surface area (Å²) in [5, 5.41) is 9.36. The van der Waals surface area contributed by atoms with Crippen LogP contribution in [0.3, 0.4) is 0 Å². The number of carbonyl (C=O) groups excluding carboxylic acids is 1. The van der Waals surface area contributed by atoms with Gasteiger partial charge in [-0.2, -0.15) is 4.98 Å². The fourth-order valence-electron chi connectivity index (χ4n) is 3.49. The van der Waals surface area contributed by atoms with E-state index < -0.39 is 0 Å². The van der Waals surface area contributed by atoms with Gasteiger partial charge in [0.2, 0.25) is 5.95 Å². The highest BCUT2D eigenvalue weighted by molar-refractivity contribution is 5.89. The van der Waals surface area contributed by atoms with Crippen molar-refractivity contribution in [3.63, 3.8) is 0 Å². The highest BCUT2D eigenvalue weighted by Gasteiger charge is 2.20. The molecular weight excluding hydrogens is 446 g/mol. The molecule has 5 heterocycles. The monoisotopic (exact) mass is 469 g/mol. The number of aromatic nitrogens is 6. The molecule has 1 fully saturated rings. The third kappa shape index (κ3) is 5.71. The van der Waals surface area contributed by atoms with Gasteiger partial charge in [-0.3, -0.25) is 0 Å². The van der Waals surface area contributed by atoms with Gasteiger partial charge in [-0.05, 0) is 56.3 Å². The van der Waals surface area contributed by atoms with Crippen molar-refractivity contribution in [1.82, 2.24) is 35.2 Å². The van der Waals surface area contributed by atoms with Crippen LogP contribution in [-0.2, 0) is 4.74 Å². The number of rotatable bonds is 7. The Morgan fingerprint density at radius 2 is 1.80 bits per heavy atom. The Kier molecular flexibility index (Phi) is 6.48. The molecule has 11 nitrogen and oxygen atoms in total. The normalized spacial score (nSPS) is 14.9. The number of esters is 1. The van der Waals surface area contributed by atoms with Crippen LogP contribution < -0.4 is 16.0 Å². The van der Waals surface area contributed by atoms with E-state index >= 15 is 0 Å². The SMILES string of the molecule is Cc1cccc(-c2nccc(Nc3ccnc(Nc4ccc(C(=O)O[C@H]5CCNC5)cn4)n3)n2)n1. The third-order valence-corrected chi connectivity index (χ3v) is 5.21. The van der Waals surface area contributed by atoms with Crippen molar-refractivity contribution in [3.05, 3.63) is 72.3 Å². The lowest BCUT2D eigenvalue weighted by atomic mass is 10.2. The van der Waals surface area contributed by atoms with Gasteiger partial charge < -0.3 is 20.7 Å². The summed E-state index contributed by atoms with van der Waals surface area (Å²) in [7, 11) is 0. The molecule has 35 heavy (non-hydrogen) atoms. The summed E-state index contributed by atoms with van der Waals surface area (Å²) in [5.74, 6) is 2.07. The molecule has 11 heteroatoms. The van der Waals surface area contributed by atoms with Crippen molar-refractivity contribution >= 4 is 29.4 Å². The van der Waals surface area contributed by atoms with Crippen LogP contribution >= 0.6 is 0 Å². The molecule has 0 aromatic carbocycles. The number of ether oxygens (including phenoxy) is 1. The van der Waals surface area contributed by atoms with Gasteiger partial charge in [0.15, 0.2) is 5.82 Å².